The topological polar surface area (TPSA) is 58.2 Å². The third-order valence-corrected chi connectivity index (χ3v) is 5.12. The molecular weight excluding hydrogens is 324 g/mol. The number of carbonyl (C=O) groups excluding carboxylic acids is 2. The van der Waals surface area contributed by atoms with Crippen molar-refractivity contribution in [3.05, 3.63) is 70.8 Å². The van der Waals surface area contributed by atoms with E-state index in [0.29, 0.717) is 23.6 Å². The average Bonchev–Trinajstić information content (AvgIpc) is 2.72. The van der Waals surface area contributed by atoms with Crippen molar-refractivity contribution in [2.24, 2.45) is 0 Å². The summed E-state index contributed by atoms with van der Waals surface area (Å²) in [5.74, 6) is 0.426. The third kappa shape index (κ3) is 4.51. The van der Waals surface area contributed by atoms with Crippen molar-refractivity contribution in [1.29, 1.82) is 0 Å². The van der Waals surface area contributed by atoms with E-state index in [1.807, 2.05) is 24.3 Å². The Balaban J connectivity index is 1.59. The van der Waals surface area contributed by atoms with E-state index in [4.69, 9.17) is 0 Å². The van der Waals surface area contributed by atoms with Crippen molar-refractivity contribution in [3.8, 4) is 0 Å². The third-order valence-electron chi connectivity index (χ3n) is 5.12. The van der Waals surface area contributed by atoms with E-state index in [0.717, 1.165) is 5.56 Å². The molecule has 1 saturated carbocycles. The van der Waals surface area contributed by atoms with Gasteiger partial charge >= 0.3 is 0 Å². The Bertz CT molecular complexity index is 762. The Hall–Kier alpha value is -2.62. The lowest BCUT2D eigenvalue weighted by Gasteiger charge is -2.22. The summed E-state index contributed by atoms with van der Waals surface area (Å²) < 4.78 is 0. The molecule has 0 heterocycles. The minimum absolute atomic E-state index is 0.0921. The lowest BCUT2D eigenvalue weighted by atomic mass is 9.84. The van der Waals surface area contributed by atoms with Gasteiger partial charge < -0.3 is 10.6 Å². The smallest absolute Gasteiger partial charge is 0.251 e. The molecule has 1 aliphatic rings. The number of nitrogens with one attached hydrogen (secondary N) is 2. The largest absolute Gasteiger partial charge is 0.355 e. The van der Waals surface area contributed by atoms with Gasteiger partial charge in [0, 0.05) is 24.7 Å². The normalized spacial score (nSPS) is 14.7. The van der Waals surface area contributed by atoms with Gasteiger partial charge in [0.15, 0.2) is 0 Å². The lowest BCUT2D eigenvalue weighted by molar-refractivity contribution is 0.0948. The van der Waals surface area contributed by atoms with Crippen molar-refractivity contribution in [3.63, 3.8) is 0 Å². The minimum Gasteiger partial charge on any atom is -0.355 e. The molecule has 0 spiro atoms. The molecule has 136 valence electrons. The fourth-order valence-corrected chi connectivity index (χ4v) is 3.59. The summed E-state index contributed by atoms with van der Waals surface area (Å²) in [6, 6.07) is 15.3. The lowest BCUT2D eigenvalue weighted by Crippen LogP contribution is -2.23. The van der Waals surface area contributed by atoms with Crippen LogP contribution < -0.4 is 10.6 Å². The molecule has 1 aliphatic carbocycles. The number of hydrogen-bond acceptors (Lipinski definition) is 2. The van der Waals surface area contributed by atoms with E-state index < -0.39 is 0 Å². The summed E-state index contributed by atoms with van der Waals surface area (Å²) in [4.78, 5) is 24.1. The van der Waals surface area contributed by atoms with Gasteiger partial charge in [-0.2, -0.15) is 0 Å². The molecule has 2 amide bonds. The summed E-state index contributed by atoms with van der Waals surface area (Å²) in [6.45, 7) is 0.397. The van der Waals surface area contributed by atoms with Gasteiger partial charge in [-0.3, -0.25) is 9.59 Å². The van der Waals surface area contributed by atoms with E-state index >= 15 is 0 Å². The minimum atomic E-state index is -0.128. The van der Waals surface area contributed by atoms with Crippen LogP contribution >= 0.6 is 0 Å². The Morgan fingerprint density at radius 3 is 2.35 bits per heavy atom. The maximum absolute atomic E-state index is 12.4. The van der Waals surface area contributed by atoms with Gasteiger partial charge in [-0.05, 0) is 54.2 Å². The predicted octanol–water partition coefficient (Wildman–Crippen LogP) is 4.02. The second-order valence-electron chi connectivity index (χ2n) is 6.92. The van der Waals surface area contributed by atoms with Gasteiger partial charge in [-0.15, -0.1) is 0 Å². The van der Waals surface area contributed by atoms with E-state index in [-0.39, 0.29) is 11.8 Å². The van der Waals surface area contributed by atoms with Crippen LogP contribution in [0.15, 0.2) is 48.5 Å². The Morgan fingerprint density at radius 2 is 1.65 bits per heavy atom. The first-order valence-electron chi connectivity index (χ1n) is 9.36. The van der Waals surface area contributed by atoms with Gasteiger partial charge in [0.25, 0.3) is 11.8 Å². The van der Waals surface area contributed by atoms with E-state index in [2.05, 4.69) is 22.8 Å². The summed E-state index contributed by atoms with van der Waals surface area (Å²) in [5.41, 5.74) is 3.51. The van der Waals surface area contributed by atoms with Crippen LogP contribution in [-0.2, 0) is 6.54 Å². The molecule has 2 N–H and O–H groups in total. The molecule has 4 nitrogen and oxygen atoms in total. The molecule has 4 heteroatoms. The molecule has 0 aromatic heterocycles. The van der Waals surface area contributed by atoms with Crippen molar-refractivity contribution >= 4 is 11.8 Å². The summed E-state index contributed by atoms with van der Waals surface area (Å²) in [7, 11) is 1.60. The van der Waals surface area contributed by atoms with Gasteiger partial charge in [-0.25, -0.2) is 0 Å². The van der Waals surface area contributed by atoms with Crippen molar-refractivity contribution in [2.45, 2.75) is 44.6 Å². The maximum Gasteiger partial charge on any atom is 0.251 e. The highest BCUT2D eigenvalue weighted by Crippen LogP contribution is 2.32. The molecule has 0 saturated heterocycles. The molecule has 2 aromatic carbocycles. The standard InChI is InChI=1S/C22H26N2O2/c1-23-21(25)20-9-5-6-16(14-20)15-24-22(26)19-12-10-18(11-13-19)17-7-3-2-4-8-17/h5-6,9-14,17H,2-4,7-8,15H2,1H3,(H,23,25)(H,24,26). The second-order valence-corrected chi connectivity index (χ2v) is 6.92. The van der Waals surface area contributed by atoms with Crippen molar-refractivity contribution in [1.82, 2.24) is 10.6 Å². The Morgan fingerprint density at radius 1 is 0.923 bits per heavy atom. The quantitative estimate of drug-likeness (QED) is 0.855. The predicted molar refractivity (Wildman–Crippen MR) is 103 cm³/mol. The van der Waals surface area contributed by atoms with Crippen LogP contribution in [0, 0.1) is 0 Å². The van der Waals surface area contributed by atoms with Gasteiger partial charge in [0.1, 0.15) is 0 Å². The monoisotopic (exact) mass is 350 g/mol. The van der Waals surface area contributed by atoms with Crippen LogP contribution in [0.2, 0.25) is 0 Å². The van der Waals surface area contributed by atoms with Gasteiger partial charge in [0.2, 0.25) is 0 Å². The van der Waals surface area contributed by atoms with Crippen LogP contribution in [0.5, 0.6) is 0 Å². The van der Waals surface area contributed by atoms with Crippen molar-refractivity contribution < 1.29 is 9.59 Å². The molecule has 26 heavy (non-hydrogen) atoms. The maximum atomic E-state index is 12.4. The highest BCUT2D eigenvalue weighted by atomic mass is 16.2. The highest BCUT2D eigenvalue weighted by molar-refractivity contribution is 5.95. The number of hydrogen-bond donors (Lipinski definition) is 2. The zero-order chi connectivity index (χ0) is 18.4. The number of amides is 2. The highest BCUT2D eigenvalue weighted by Gasteiger charge is 2.16. The van der Waals surface area contributed by atoms with E-state index in [1.165, 1.54) is 37.7 Å². The average molecular weight is 350 g/mol. The van der Waals surface area contributed by atoms with Crippen LogP contribution in [0.1, 0.15) is 69.9 Å². The number of benzene rings is 2. The van der Waals surface area contributed by atoms with Gasteiger partial charge in [0.05, 0.1) is 0 Å². The van der Waals surface area contributed by atoms with Crippen LogP contribution in [0.3, 0.4) is 0 Å². The zero-order valence-corrected chi connectivity index (χ0v) is 15.3. The first kappa shape index (κ1) is 18.2. The zero-order valence-electron chi connectivity index (χ0n) is 15.3. The molecule has 2 aromatic rings. The Labute approximate surface area is 155 Å². The Kier molecular flexibility index (Phi) is 6.05. The summed E-state index contributed by atoms with van der Waals surface area (Å²) >= 11 is 0. The first-order valence-corrected chi connectivity index (χ1v) is 9.36. The molecule has 0 atom stereocenters. The van der Waals surface area contributed by atoms with E-state index in [9.17, 15) is 9.59 Å². The SMILES string of the molecule is CNC(=O)c1cccc(CNC(=O)c2ccc(C3CCCCC3)cc2)c1. The second kappa shape index (κ2) is 8.65. The molecule has 1 fully saturated rings. The number of carbonyl (C=O) groups is 2. The van der Waals surface area contributed by atoms with Crippen molar-refractivity contribution in [2.75, 3.05) is 7.05 Å². The van der Waals surface area contributed by atoms with Crippen LogP contribution in [-0.4, -0.2) is 18.9 Å². The molecule has 3 rings (SSSR count). The van der Waals surface area contributed by atoms with Crippen LogP contribution in [0.4, 0.5) is 0 Å². The first-order chi connectivity index (χ1) is 12.7. The molecule has 0 aliphatic heterocycles. The van der Waals surface area contributed by atoms with Crippen LogP contribution in [0.25, 0.3) is 0 Å². The molecule has 0 unspecified atom stereocenters. The fraction of sp³-hybridized carbons (Fsp3) is 0.364. The molecular formula is C22H26N2O2. The number of rotatable bonds is 5. The summed E-state index contributed by atoms with van der Waals surface area (Å²) in [5, 5.41) is 5.53. The summed E-state index contributed by atoms with van der Waals surface area (Å²) in [6.07, 6.45) is 6.47. The van der Waals surface area contributed by atoms with E-state index in [1.54, 1.807) is 19.2 Å². The molecule has 0 radical (unpaired) electrons. The molecule has 0 bridgehead atoms. The fourth-order valence-electron chi connectivity index (χ4n) is 3.59. The van der Waals surface area contributed by atoms with Gasteiger partial charge in [-0.1, -0.05) is 43.5 Å².